The molecule has 102 valence electrons. The third-order valence-electron chi connectivity index (χ3n) is 3.55. The number of carbonyl (C=O) groups is 1. The first kappa shape index (κ1) is 14.1. The van der Waals surface area contributed by atoms with Crippen LogP contribution in [0.1, 0.15) is 11.5 Å². The summed E-state index contributed by atoms with van der Waals surface area (Å²) < 4.78 is 4.93. The highest BCUT2D eigenvalue weighted by Crippen LogP contribution is 2.55. The van der Waals surface area contributed by atoms with Gasteiger partial charge in [0.1, 0.15) is 0 Å². The van der Waals surface area contributed by atoms with Crippen molar-refractivity contribution in [2.45, 2.75) is 25.6 Å². The first-order valence-corrected chi connectivity index (χ1v) is 10.3. The van der Waals surface area contributed by atoms with Crippen LogP contribution in [0, 0.1) is 11.8 Å². The van der Waals surface area contributed by atoms with Crippen molar-refractivity contribution < 1.29 is 9.53 Å². The zero-order valence-corrected chi connectivity index (χ0v) is 13.1. The predicted molar refractivity (Wildman–Crippen MR) is 80.7 cm³/mol. The highest BCUT2D eigenvalue weighted by molar-refractivity contribution is 6.80. The van der Waals surface area contributed by atoms with Gasteiger partial charge in [-0.25, -0.2) is 0 Å². The van der Waals surface area contributed by atoms with Crippen molar-refractivity contribution >= 4 is 14.0 Å². The van der Waals surface area contributed by atoms with Gasteiger partial charge >= 0.3 is 5.97 Å². The molecule has 1 aromatic carbocycles. The molecule has 0 aromatic heterocycles. The number of allylic oxidation sites excluding steroid dienone is 1. The molecule has 0 bridgehead atoms. The van der Waals surface area contributed by atoms with Crippen LogP contribution in [0.2, 0.25) is 19.6 Å². The summed E-state index contributed by atoms with van der Waals surface area (Å²) in [6, 6.07) is 10.3. The van der Waals surface area contributed by atoms with Gasteiger partial charge in [0.25, 0.3) is 0 Å². The van der Waals surface area contributed by atoms with Crippen LogP contribution in [0.3, 0.4) is 0 Å². The van der Waals surface area contributed by atoms with Gasteiger partial charge in [0.15, 0.2) is 0 Å². The first-order chi connectivity index (χ1) is 8.94. The Balaban J connectivity index is 2.18. The highest BCUT2D eigenvalue weighted by Gasteiger charge is 2.54. The Hall–Kier alpha value is -1.35. The molecule has 0 radical (unpaired) electrons. The van der Waals surface area contributed by atoms with Crippen LogP contribution in [-0.4, -0.2) is 21.2 Å². The SMILES string of the molecule is COC(=O)[C@H]1C(C=C[Si](C)(C)C)[C@@H]1c1ccccc1. The minimum absolute atomic E-state index is 0.000000000000000666. The third kappa shape index (κ3) is 3.35. The number of carbonyl (C=O) groups excluding carboxylic acids is 1. The van der Waals surface area contributed by atoms with Crippen molar-refractivity contribution in [2.75, 3.05) is 7.11 Å². The Morgan fingerprint density at radius 3 is 2.37 bits per heavy atom. The molecule has 0 heterocycles. The Labute approximate surface area is 116 Å². The lowest BCUT2D eigenvalue weighted by Crippen LogP contribution is -2.15. The molecule has 1 aliphatic carbocycles. The summed E-state index contributed by atoms with van der Waals surface area (Å²) in [5.41, 5.74) is 3.57. The maximum absolute atomic E-state index is 11.8. The smallest absolute Gasteiger partial charge is 0.309 e. The number of methoxy groups -OCH3 is 1. The number of rotatable bonds is 4. The average molecular weight is 274 g/mol. The summed E-state index contributed by atoms with van der Waals surface area (Å²) in [6.45, 7) is 6.91. The lowest BCUT2D eigenvalue weighted by molar-refractivity contribution is -0.142. The monoisotopic (exact) mass is 274 g/mol. The van der Waals surface area contributed by atoms with Crippen LogP contribution < -0.4 is 0 Å². The number of hydrogen-bond acceptors (Lipinski definition) is 2. The van der Waals surface area contributed by atoms with E-state index >= 15 is 0 Å². The molecule has 0 spiro atoms. The maximum Gasteiger partial charge on any atom is 0.309 e. The standard InChI is InChI=1S/C16H22O2Si/c1-18-16(17)15-13(10-11-19(2,3)4)14(15)12-8-6-5-7-9-12/h5-11,13-15H,1-4H3/t13?,14-,15-/m0/s1. The largest absolute Gasteiger partial charge is 0.469 e. The summed E-state index contributed by atoms with van der Waals surface area (Å²) >= 11 is 0. The molecule has 3 atom stereocenters. The number of esters is 1. The lowest BCUT2D eigenvalue weighted by Gasteiger charge is -2.07. The summed E-state index contributed by atoms with van der Waals surface area (Å²) in [5.74, 6) is 0.516. The third-order valence-corrected chi connectivity index (χ3v) is 4.74. The highest BCUT2D eigenvalue weighted by atomic mass is 28.3. The Kier molecular flexibility index (Phi) is 3.95. The summed E-state index contributed by atoms with van der Waals surface area (Å²) in [7, 11) is 0.256. The van der Waals surface area contributed by atoms with E-state index in [4.69, 9.17) is 4.74 Å². The minimum atomic E-state index is -1.22. The van der Waals surface area contributed by atoms with Gasteiger partial charge in [-0.15, -0.1) is 0 Å². The molecule has 0 saturated heterocycles. The zero-order chi connectivity index (χ0) is 14.0. The topological polar surface area (TPSA) is 26.3 Å². The fourth-order valence-corrected chi connectivity index (χ4v) is 3.32. The quantitative estimate of drug-likeness (QED) is 0.619. The molecule has 1 fully saturated rings. The van der Waals surface area contributed by atoms with E-state index in [1.807, 2.05) is 18.2 Å². The lowest BCUT2D eigenvalue weighted by atomic mass is 10.1. The van der Waals surface area contributed by atoms with Crippen LogP contribution in [0.5, 0.6) is 0 Å². The summed E-state index contributed by atoms with van der Waals surface area (Å²) in [4.78, 5) is 11.8. The van der Waals surface area contributed by atoms with Crippen LogP contribution in [0.25, 0.3) is 0 Å². The number of hydrogen-bond donors (Lipinski definition) is 0. The first-order valence-electron chi connectivity index (χ1n) is 6.76. The van der Waals surface area contributed by atoms with Gasteiger partial charge in [-0.3, -0.25) is 4.79 Å². The molecule has 1 aliphatic rings. The van der Waals surface area contributed by atoms with Gasteiger partial charge in [-0.05, 0) is 11.5 Å². The predicted octanol–water partition coefficient (Wildman–Crippen LogP) is 3.62. The van der Waals surface area contributed by atoms with Crippen molar-refractivity contribution in [1.82, 2.24) is 0 Å². The normalized spacial score (nSPS) is 26.4. The van der Waals surface area contributed by atoms with Gasteiger partial charge in [-0.2, -0.15) is 0 Å². The Morgan fingerprint density at radius 1 is 1.21 bits per heavy atom. The van der Waals surface area contributed by atoms with Gasteiger partial charge in [-0.1, -0.05) is 61.7 Å². The Bertz CT molecular complexity index is 473. The van der Waals surface area contributed by atoms with Crippen LogP contribution in [0.4, 0.5) is 0 Å². The van der Waals surface area contributed by atoms with E-state index in [-0.39, 0.29) is 11.9 Å². The average Bonchev–Trinajstić information content (AvgIpc) is 3.10. The van der Waals surface area contributed by atoms with Crippen molar-refractivity contribution in [1.29, 1.82) is 0 Å². The van der Waals surface area contributed by atoms with E-state index in [2.05, 4.69) is 43.5 Å². The van der Waals surface area contributed by atoms with Crippen molar-refractivity contribution in [3.63, 3.8) is 0 Å². The molecular weight excluding hydrogens is 252 g/mol. The fourth-order valence-electron chi connectivity index (χ4n) is 2.52. The molecule has 1 saturated carbocycles. The molecule has 3 heteroatoms. The van der Waals surface area contributed by atoms with Gasteiger partial charge in [0, 0.05) is 5.92 Å². The molecule has 0 N–H and O–H groups in total. The molecule has 19 heavy (non-hydrogen) atoms. The molecule has 1 aromatic rings. The van der Waals surface area contributed by atoms with Crippen molar-refractivity contribution in [3.8, 4) is 0 Å². The molecule has 2 nitrogen and oxygen atoms in total. The van der Waals surface area contributed by atoms with Crippen LogP contribution in [0.15, 0.2) is 42.1 Å². The molecule has 0 amide bonds. The van der Waals surface area contributed by atoms with Gasteiger partial charge < -0.3 is 4.74 Å². The van der Waals surface area contributed by atoms with Crippen LogP contribution in [-0.2, 0) is 9.53 Å². The van der Waals surface area contributed by atoms with Gasteiger partial charge in [0.2, 0.25) is 0 Å². The molecule has 1 unspecified atom stereocenters. The second-order valence-electron chi connectivity index (χ2n) is 6.29. The van der Waals surface area contributed by atoms with E-state index in [1.54, 1.807) is 0 Å². The second-order valence-corrected chi connectivity index (χ2v) is 11.4. The zero-order valence-electron chi connectivity index (χ0n) is 12.1. The van der Waals surface area contributed by atoms with E-state index in [9.17, 15) is 4.79 Å². The van der Waals surface area contributed by atoms with Crippen molar-refractivity contribution in [3.05, 3.63) is 47.7 Å². The van der Waals surface area contributed by atoms with E-state index in [0.29, 0.717) is 11.8 Å². The van der Waals surface area contributed by atoms with E-state index in [0.717, 1.165) is 0 Å². The number of benzene rings is 1. The number of ether oxygens (including phenoxy) is 1. The summed E-state index contributed by atoms with van der Waals surface area (Å²) in [5, 5.41) is 0. The molecule has 0 aliphatic heterocycles. The maximum atomic E-state index is 11.8. The molecular formula is C16H22O2Si. The molecule has 2 rings (SSSR count). The fraction of sp³-hybridized carbons (Fsp3) is 0.438. The van der Waals surface area contributed by atoms with E-state index < -0.39 is 8.07 Å². The van der Waals surface area contributed by atoms with E-state index in [1.165, 1.54) is 12.7 Å². The van der Waals surface area contributed by atoms with Gasteiger partial charge in [0.05, 0.1) is 21.1 Å². The Morgan fingerprint density at radius 2 is 1.84 bits per heavy atom. The minimum Gasteiger partial charge on any atom is -0.469 e. The summed E-state index contributed by atoms with van der Waals surface area (Å²) in [6.07, 6.45) is 2.24. The van der Waals surface area contributed by atoms with Crippen molar-refractivity contribution in [2.24, 2.45) is 11.8 Å². The van der Waals surface area contributed by atoms with Crippen LogP contribution >= 0.6 is 0 Å². The second kappa shape index (κ2) is 5.33.